The topological polar surface area (TPSA) is 249 Å². The summed E-state index contributed by atoms with van der Waals surface area (Å²) in [5.74, 6) is -3.88. The number of allylic oxidation sites excluding steroid dienone is 8. The van der Waals surface area contributed by atoms with Crippen molar-refractivity contribution in [2.75, 3.05) is 19.8 Å². The molecule has 62 heavy (non-hydrogen) atoms. The van der Waals surface area contributed by atoms with Crippen LogP contribution < -0.4 is 5.73 Å². The van der Waals surface area contributed by atoms with E-state index >= 15 is 0 Å². The highest BCUT2D eigenvalue weighted by atomic mass is 31.2. The number of aliphatic hydroxyl groups is 3. The van der Waals surface area contributed by atoms with E-state index in [0.29, 0.717) is 25.7 Å². The van der Waals surface area contributed by atoms with Gasteiger partial charge in [0, 0.05) is 43.9 Å². The van der Waals surface area contributed by atoms with Gasteiger partial charge in [-0.3, -0.25) is 28.2 Å². The van der Waals surface area contributed by atoms with E-state index in [9.17, 15) is 44.0 Å². The number of hydrogen-bond donors (Lipinski definition) is 6. The maximum Gasteiger partial charge on any atom is 0.472 e. The lowest BCUT2D eigenvalue weighted by molar-refractivity contribution is -0.161. The summed E-state index contributed by atoms with van der Waals surface area (Å²) in [5, 5.41) is 40.2. The smallest absolute Gasteiger partial charge is 0.472 e. The number of aliphatic carboxylic acids is 1. The Balaban J connectivity index is 2.56. The van der Waals surface area contributed by atoms with Crippen molar-refractivity contribution >= 4 is 31.5 Å². The first-order chi connectivity index (χ1) is 29.7. The number of ketones is 1. The maximum absolute atomic E-state index is 12.8. The van der Waals surface area contributed by atoms with E-state index in [2.05, 4.69) is 54.8 Å². The first-order valence-corrected chi connectivity index (χ1v) is 24.0. The van der Waals surface area contributed by atoms with E-state index in [1.165, 1.54) is 19.3 Å². The van der Waals surface area contributed by atoms with Crippen molar-refractivity contribution in [1.29, 1.82) is 0 Å². The second-order valence-corrected chi connectivity index (χ2v) is 17.2. The Morgan fingerprint density at radius 2 is 1.29 bits per heavy atom. The molecule has 1 aliphatic carbocycles. The lowest BCUT2D eigenvalue weighted by atomic mass is 9.87. The van der Waals surface area contributed by atoms with Crippen LogP contribution in [0, 0.1) is 11.8 Å². The molecule has 15 nitrogen and oxygen atoms in total. The van der Waals surface area contributed by atoms with Gasteiger partial charge in [-0.15, -0.1) is 0 Å². The van der Waals surface area contributed by atoms with E-state index in [0.717, 1.165) is 44.9 Å². The number of nitrogens with two attached hydrogens (primary N) is 1. The van der Waals surface area contributed by atoms with Crippen molar-refractivity contribution in [3.8, 4) is 0 Å². The van der Waals surface area contributed by atoms with E-state index in [4.69, 9.17) is 24.8 Å². The van der Waals surface area contributed by atoms with Gasteiger partial charge in [-0.2, -0.15) is 0 Å². The first-order valence-electron chi connectivity index (χ1n) is 22.5. The number of carboxylic acid groups (broad SMARTS) is 1. The highest BCUT2D eigenvalue weighted by Crippen LogP contribution is 2.43. The average molecular weight is 898 g/mol. The van der Waals surface area contributed by atoms with Gasteiger partial charge >= 0.3 is 25.7 Å². The predicted octanol–water partition coefficient (Wildman–Crippen LogP) is 7.51. The van der Waals surface area contributed by atoms with E-state index in [-0.39, 0.29) is 44.3 Å². The molecule has 16 heteroatoms. The van der Waals surface area contributed by atoms with Crippen molar-refractivity contribution < 1.29 is 67.6 Å². The Bertz CT molecular complexity index is 1460. The number of unbranched alkanes of at least 4 members (excludes halogenated alkanes) is 7. The summed E-state index contributed by atoms with van der Waals surface area (Å²) in [4.78, 5) is 59.0. The Hall–Kier alpha value is -3.27. The standard InChI is InChI=1S/C46H76NO14P/c1-3-5-7-8-9-10-11-12-13-14-15-16-17-18-19-20-22-28-45(53)61-38(34-59-62(56,57)60-35-41(47)46(54)55)33-58-44(52)27-24-23-26-37(49)31-40-39(42(50)32-43(40)51)30-29-36(48)25-21-6-4-2/h9-10,12-13,15-16,18-19,29-30,36,38-43,48,50-51H,3-8,11,14,17,20-28,31-35,47H2,1-2H3,(H,54,55)(H,56,57)/b10-9-,13-12-,16-15-,19-18-,30-29+/t36-,38+,39+,40+,41-,42+,43-/m0/s1. The molecule has 0 heterocycles. The van der Waals surface area contributed by atoms with Crippen molar-refractivity contribution in [2.24, 2.45) is 17.6 Å². The van der Waals surface area contributed by atoms with Crippen molar-refractivity contribution in [1.82, 2.24) is 0 Å². The zero-order valence-electron chi connectivity index (χ0n) is 37.0. The normalized spacial score (nSPS) is 20.7. The number of carboxylic acids is 1. The van der Waals surface area contributed by atoms with E-state index < -0.39 is 87.8 Å². The van der Waals surface area contributed by atoms with Crippen LogP contribution in [-0.4, -0.2) is 99.3 Å². The molecule has 1 unspecified atom stereocenters. The second kappa shape index (κ2) is 35.1. The Labute approximate surface area is 369 Å². The molecule has 0 aromatic carbocycles. The highest BCUT2D eigenvalue weighted by molar-refractivity contribution is 7.47. The fourth-order valence-electron chi connectivity index (χ4n) is 6.58. The molecule has 0 aliphatic heterocycles. The number of ether oxygens (including phenoxy) is 2. The van der Waals surface area contributed by atoms with Crippen LogP contribution >= 0.6 is 7.82 Å². The number of rotatable bonds is 37. The number of carbonyl (C=O) groups is 4. The molecule has 0 bridgehead atoms. The number of carbonyl (C=O) groups excluding carboxylic acids is 3. The molecule has 1 aliphatic rings. The lowest BCUT2D eigenvalue weighted by Crippen LogP contribution is -2.34. The quantitative estimate of drug-likeness (QED) is 0.0153. The van der Waals surface area contributed by atoms with Crippen molar-refractivity contribution in [2.45, 2.75) is 173 Å². The Kier molecular flexibility index (Phi) is 32.1. The average Bonchev–Trinajstić information content (AvgIpc) is 3.49. The van der Waals surface area contributed by atoms with E-state index in [1.807, 2.05) is 12.2 Å². The fraction of sp³-hybridized carbons (Fsp3) is 0.696. The number of aliphatic hydroxyl groups excluding tert-OH is 3. The van der Waals surface area contributed by atoms with Crippen LogP contribution in [0.2, 0.25) is 0 Å². The minimum atomic E-state index is -4.83. The molecule has 354 valence electrons. The third-order valence-corrected chi connectivity index (χ3v) is 11.2. The molecule has 1 saturated carbocycles. The SMILES string of the molecule is CCCCC/C=C\C/C=C\C/C=C\C/C=C\CCCC(=O)O[C@H](COC(=O)CCCCC(=O)C[C@@H]1[C@@H](/C=C/[C@@H](O)CCCCC)[C@H](O)C[C@@H]1O)COP(=O)(O)OC[C@H](N)C(=O)O. The molecule has 0 amide bonds. The zero-order chi connectivity index (χ0) is 46.0. The van der Waals surface area contributed by atoms with Gasteiger partial charge in [0.05, 0.1) is 31.5 Å². The van der Waals surface area contributed by atoms with Crippen LogP contribution in [0.5, 0.6) is 0 Å². The van der Waals surface area contributed by atoms with Crippen LogP contribution in [-0.2, 0) is 42.3 Å². The van der Waals surface area contributed by atoms with Gasteiger partial charge in [-0.05, 0) is 64.2 Å². The van der Waals surface area contributed by atoms with Gasteiger partial charge < -0.3 is 40.5 Å². The third kappa shape index (κ3) is 29.2. The molecular formula is C46H76NO14P. The summed E-state index contributed by atoms with van der Waals surface area (Å²) in [6.45, 7) is 2.22. The number of phosphoric ester groups is 1. The molecule has 1 fully saturated rings. The first kappa shape index (κ1) is 56.7. The van der Waals surface area contributed by atoms with Crippen LogP contribution in [0.4, 0.5) is 0 Å². The Morgan fingerprint density at radius 3 is 1.92 bits per heavy atom. The number of Topliss-reactive ketones (excluding diaryl/α,β-unsaturated/α-hetero) is 1. The second-order valence-electron chi connectivity index (χ2n) is 15.8. The van der Waals surface area contributed by atoms with Crippen LogP contribution in [0.25, 0.3) is 0 Å². The highest BCUT2D eigenvalue weighted by Gasteiger charge is 2.41. The molecule has 0 spiro atoms. The van der Waals surface area contributed by atoms with Gasteiger partial charge in [-0.1, -0.05) is 107 Å². The molecular weight excluding hydrogens is 821 g/mol. The number of phosphoric acid groups is 1. The minimum Gasteiger partial charge on any atom is -0.480 e. The molecule has 0 radical (unpaired) electrons. The maximum atomic E-state index is 12.8. The van der Waals surface area contributed by atoms with Crippen LogP contribution in [0.1, 0.15) is 142 Å². The molecule has 8 atom stereocenters. The number of hydrogen-bond acceptors (Lipinski definition) is 13. The largest absolute Gasteiger partial charge is 0.480 e. The molecule has 1 rings (SSSR count). The van der Waals surface area contributed by atoms with Gasteiger partial charge in [0.2, 0.25) is 0 Å². The molecule has 0 saturated heterocycles. The monoisotopic (exact) mass is 898 g/mol. The molecule has 7 N–H and O–H groups in total. The Morgan fingerprint density at radius 1 is 0.726 bits per heavy atom. The summed E-state index contributed by atoms with van der Waals surface area (Å²) in [6, 6.07) is -1.59. The lowest BCUT2D eigenvalue weighted by Gasteiger charge is -2.20. The van der Waals surface area contributed by atoms with E-state index in [1.54, 1.807) is 12.2 Å². The van der Waals surface area contributed by atoms with Crippen LogP contribution in [0.15, 0.2) is 60.8 Å². The van der Waals surface area contributed by atoms with Crippen molar-refractivity contribution in [3.63, 3.8) is 0 Å². The van der Waals surface area contributed by atoms with Gasteiger partial charge in [0.1, 0.15) is 18.4 Å². The summed E-state index contributed by atoms with van der Waals surface area (Å²) in [5.41, 5.74) is 5.32. The predicted molar refractivity (Wildman–Crippen MR) is 238 cm³/mol. The molecule has 0 aromatic heterocycles. The van der Waals surface area contributed by atoms with Gasteiger partial charge in [-0.25, -0.2) is 4.57 Å². The fourth-order valence-corrected chi connectivity index (χ4v) is 7.36. The van der Waals surface area contributed by atoms with Gasteiger partial charge in [0.15, 0.2) is 6.10 Å². The minimum absolute atomic E-state index is 0.00608. The zero-order valence-corrected chi connectivity index (χ0v) is 37.9. The third-order valence-electron chi connectivity index (χ3n) is 10.2. The summed E-state index contributed by atoms with van der Waals surface area (Å²) < 4.78 is 32.5. The van der Waals surface area contributed by atoms with Crippen LogP contribution in [0.3, 0.4) is 0 Å². The van der Waals surface area contributed by atoms with Gasteiger partial charge in [0.25, 0.3) is 0 Å². The van der Waals surface area contributed by atoms with Crippen molar-refractivity contribution in [3.05, 3.63) is 60.8 Å². The summed E-state index contributed by atoms with van der Waals surface area (Å²) in [6.07, 6.45) is 29.3. The molecule has 0 aromatic rings. The summed E-state index contributed by atoms with van der Waals surface area (Å²) in [7, 11) is -4.83. The summed E-state index contributed by atoms with van der Waals surface area (Å²) >= 11 is 0. The number of esters is 2.